The zero-order valence-electron chi connectivity index (χ0n) is 35.5. The first-order valence-electron chi connectivity index (χ1n) is 23.0. The Balaban J connectivity index is 4.06. The van der Waals surface area contributed by atoms with Gasteiger partial charge in [-0.1, -0.05) is 213 Å². The minimum Gasteiger partial charge on any atom is -0.457 e. The lowest BCUT2D eigenvalue weighted by molar-refractivity contribution is -0.154. The number of hydrogen-bond donors (Lipinski definition) is 3. The molecule has 0 aliphatic rings. The Morgan fingerprint density at radius 2 is 0.833 bits per heavy atom. The van der Waals surface area contributed by atoms with Crippen molar-refractivity contribution >= 4 is 13.8 Å². The molecule has 324 valence electrons. The molecule has 0 aliphatic heterocycles. The van der Waals surface area contributed by atoms with Gasteiger partial charge in [0.05, 0.1) is 26.4 Å². The summed E-state index contributed by atoms with van der Waals surface area (Å²) >= 11 is 0. The molecule has 0 rings (SSSR count). The fraction of sp³-hybridized carbons (Fsp3) is 0.977. The second-order valence-electron chi connectivity index (χ2n) is 15.8. The minimum atomic E-state index is -4.51. The molecule has 3 unspecified atom stereocenters. The lowest BCUT2D eigenvalue weighted by Gasteiger charge is -2.20. The Hall–Kier alpha value is -0.540. The number of carbonyl (C=O) groups excluding carboxylic acids is 1. The average molecular weight is 793 g/mol. The van der Waals surface area contributed by atoms with Gasteiger partial charge in [-0.25, -0.2) is 4.57 Å². The molecule has 0 aromatic heterocycles. The SMILES string of the molecule is CCCCCCCCCCCCCCCCCCCCCOCC(COP(=O)(O)OCC(O)CO)OC(=O)CCCCCCCCCCCCCCCC. The normalized spacial score (nSPS) is 13.9. The molecule has 0 heterocycles. The largest absolute Gasteiger partial charge is 0.472 e. The molecule has 0 bridgehead atoms. The van der Waals surface area contributed by atoms with Crippen LogP contribution in [0.1, 0.15) is 232 Å². The van der Waals surface area contributed by atoms with Crippen molar-refractivity contribution in [1.29, 1.82) is 0 Å². The molecular formula is C44H89O9P. The number of phosphoric ester groups is 1. The van der Waals surface area contributed by atoms with Gasteiger partial charge in [-0.05, 0) is 12.8 Å². The van der Waals surface area contributed by atoms with E-state index in [4.69, 9.17) is 23.6 Å². The number of aliphatic hydroxyl groups is 2. The molecule has 0 saturated heterocycles. The lowest BCUT2D eigenvalue weighted by Crippen LogP contribution is -2.29. The van der Waals surface area contributed by atoms with Crippen LogP contribution in [0.25, 0.3) is 0 Å². The summed E-state index contributed by atoms with van der Waals surface area (Å²) in [5, 5.41) is 18.4. The van der Waals surface area contributed by atoms with Crippen LogP contribution in [-0.4, -0.2) is 66.3 Å². The Labute approximate surface area is 333 Å². The van der Waals surface area contributed by atoms with Gasteiger partial charge >= 0.3 is 13.8 Å². The third kappa shape index (κ3) is 41.1. The minimum absolute atomic E-state index is 0.0583. The van der Waals surface area contributed by atoms with E-state index in [0.717, 1.165) is 32.1 Å². The van der Waals surface area contributed by atoms with Crippen molar-refractivity contribution in [1.82, 2.24) is 0 Å². The van der Waals surface area contributed by atoms with E-state index in [1.807, 2.05) is 0 Å². The molecule has 0 saturated carbocycles. The molecule has 0 aromatic carbocycles. The maximum atomic E-state index is 12.6. The van der Waals surface area contributed by atoms with Crippen LogP contribution in [0.15, 0.2) is 0 Å². The van der Waals surface area contributed by atoms with E-state index < -0.39 is 33.2 Å². The van der Waals surface area contributed by atoms with Crippen molar-refractivity contribution in [2.45, 2.75) is 244 Å². The first-order chi connectivity index (χ1) is 26.3. The van der Waals surface area contributed by atoms with Gasteiger partial charge in [0.2, 0.25) is 0 Å². The van der Waals surface area contributed by atoms with E-state index in [2.05, 4.69) is 13.8 Å². The molecule has 9 nitrogen and oxygen atoms in total. The predicted octanol–water partition coefficient (Wildman–Crippen LogP) is 12.7. The molecule has 0 amide bonds. The number of unbranched alkanes of at least 4 members (excludes halogenated alkanes) is 31. The second-order valence-corrected chi connectivity index (χ2v) is 17.2. The Morgan fingerprint density at radius 3 is 1.20 bits per heavy atom. The number of rotatable bonds is 45. The van der Waals surface area contributed by atoms with Crippen LogP contribution in [0, 0.1) is 0 Å². The van der Waals surface area contributed by atoms with Gasteiger partial charge in [-0.2, -0.15) is 0 Å². The van der Waals surface area contributed by atoms with E-state index in [0.29, 0.717) is 6.61 Å². The Bertz CT molecular complexity index is 815. The van der Waals surface area contributed by atoms with Crippen molar-refractivity contribution in [2.75, 3.05) is 33.0 Å². The molecule has 10 heteroatoms. The van der Waals surface area contributed by atoms with Crippen molar-refractivity contribution in [2.24, 2.45) is 0 Å². The second kappa shape index (κ2) is 42.1. The van der Waals surface area contributed by atoms with Crippen LogP contribution in [0.2, 0.25) is 0 Å². The van der Waals surface area contributed by atoms with Crippen LogP contribution in [0.4, 0.5) is 0 Å². The highest BCUT2D eigenvalue weighted by Crippen LogP contribution is 2.43. The summed E-state index contributed by atoms with van der Waals surface area (Å²) in [7, 11) is -4.51. The summed E-state index contributed by atoms with van der Waals surface area (Å²) in [4.78, 5) is 22.6. The fourth-order valence-electron chi connectivity index (χ4n) is 6.77. The molecule has 3 N–H and O–H groups in total. The van der Waals surface area contributed by atoms with Gasteiger partial charge < -0.3 is 24.6 Å². The Kier molecular flexibility index (Phi) is 41.7. The topological polar surface area (TPSA) is 132 Å². The molecule has 0 aliphatic carbocycles. The maximum Gasteiger partial charge on any atom is 0.472 e. The number of carbonyl (C=O) groups is 1. The van der Waals surface area contributed by atoms with Crippen LogP contribution < -0.4 is 0 Å². The highest BCUT2D eigenvalue weighted by molar-refractivity contribution is 7.47. The van der Waals surface area contributed by atoms with Gasteiger partial charge in [0, 0.05) is 13.0 Å². The third-order valence-corrected chi connectivity index (χ3v) is 11.2. The summed E-state index contributed by atoms with van der Waals surface area (Å²) < 4.78 is 33.4. The van der Waals surface area contributed by atoms with Crippen LogP contribution in [0.5, 0.6) is 0 Å². The van der Waals surface area contributed by atoms with Crippen molar-refractivity contribution < 1.29 is 43.0 Å². The summed E-state index contributed by atoms with van der Waals surface area (Å²) in [6, 6.07) is 0. The monoisotopic (exact) mass is 793 g/mol. The zero-order chi connectivity index (χ0) is 39.6. The fourth-order valence-corrected chi connectivity index (χ4v) is 7.56. The molecular weight excluding hydrogens is 703 g/mol. The summed E-state index contributed by atoms with van der Waals surface area (Å²) in [5.74, 6) is -0.376. The van der Waals surface area contributed by atoms with E-state index in [9.17, 15) is 19.4 Å². The highest BCUT2D eigenvalue weighted by Gasteiger charge is 2.26. The van der Waals surface area contributed by atoms with Crippen LogP contribution >= 0.6 is 7.82 Å². The van der Waals surface area contributed by atoms with Crippen molar-refractivity contribution in [3.8, 4) is 0 Å². The molecule has 3 atom stereocenters. The summed E-state index contributed by atoms with van der Waals surface area (Å²) in [6.45, 7) is 3.58. The molecule has 0 spiro atoms. The van der Waals surface area contributed by atoms with Crippen molar-refractivity contribution in [3.63, 3.8) is 0 Å². The first-order valence-corrected chi connectivity index (χ1v) is 24.5. The molecule has 0 fully saturated rings. The number of esters is 1. The van der Waals surface area contributed by atoms with Crippen LogP contribution in [-0.2, 0) is 27.9 Å². The lowest BCUT2D eigenvalue weighted by atomic mass is 10.0. The number of aliphatic hydroxyl groups excluding tert-OH is 2. The third-order valence-electron chi connectivity index (χ3n) is 10.3. The number of ether oxygens (including phenoxy) is 2. The molecule has 54 heavy (non-hydrogen) atoms. The maximum absolute atomic E-state index is 12.6. The van der Waals surface area contributed by atoms with Crippen LogP contribution in [0.3, 0.4) is 0 Å². The quantitative estimate of drug-likeness (QED) is 0.0313. The highest BCUT2D eigenvalue weighted by atomic mass is 31.2. The first kappa shape index (κ1) is 53.5. The standard InChI is InChI=1S/C44H89O9P/c1-3-5-7-9-11-13-15-17-19-20-21-22-23-25-27-29-31-33-35-37-50-40-43(41-52-54(48,49)51-39-42(46)38-45)53-44(47)36-34-32-30-28-26-24-18-16-14-12-10-8-6-4-2/h42-43,45-46H,3-41H2,1-2H3,(H,48,49). The average Bonchev–Trinajstić information content (AvgIpc) is 3.16. The van der Waals surface area contributed by atoms with E-state index in [1.54, 1.807) is 0 Å². The van der Waals surface area contributed by atoms with E-state index in [1.165, 1.54) is 180 Å². The van der Waals surface area contributed by atoms with E-state index in [-0.39, 0.29) is 25.6 Å². The predicted molar refractivity (Wildman–Crippen MR) is 224 cm³/mol. The molecule has 0 aromatic rings. The number of hydrogen-bond acceptors (Lipinski definition) is 8. The smallest absolute Gasteiger partial charge is 0.457 e. The van der Waals surface area contributed by atoms with Gasteiger partial charge in [-0.3, -0.25) is 13.8 Å². The Morgan fingerprint density at radius 1 is 0.500 bits per heavy atom. The van der Waals surface area contributed by atoms with Gasteiger partial charge in [-0.15, -0.1) is 0 Å². The number of phosphoric acid groups is 1. The van der Waals surface area contributed by atoms with Crippen molar-refractivity contribution in [3.05, 3.63) is 0 Å². The summed E-state index contributed by atoms with van der Waals surface area (Å²) in [5.41, 5.74) is 0. The summed E-state index contributed by atoms with van der Waals surface area (Å²) in [6.07, 6.45) is 40.6. The van der Waals surface area contributed by atoms with Gasteiger partial charge in [0.15, 0.2) is 0 Å². The molecule has 0 radical (unpaired) electrons. The van der Waals surface area contributed by atoms with E-state index >= 15 is 0 Å². The van der Waals surface area contributed by atoms with Gasteiger partial charge in [0.25, 0.3) is 0 Å². The zero-order valence-corrected chi connectivity index (χ0v) is 36.4. The van der Waals surface area contributed by atoms with Gasteiger partial charge in [0.1, 0.15) is 12.2 Å².